The van der Waals surface area contributed by atoms with Crippen molar-refractivity contribution in [2.75, 3.05) is 59.5 Å². The second-order valence-electron chi connectivity index (χ2n) is 10.6. The van der Waals surface area contributed by atoms with Crippen LogP contribution in [0.1, 0.15) is 124 Å². The molecular weight excluding hydrogens is 468 g/mol. The van der Waals surface area contributed by atoms with Gasteiger partial charge in [-0.05, 0) is 31.6 Å². The Hall–Kier alpha value is -0.690. The molecular formula is C31H62O6. The Kier molecular flexibility index (Phi) is 29.3. The molecule has 0 saturated carbocycles. The molecule has 1 atom stereocenters. The van der Waals surface area contributed by atoms with Gasteiger partial charge < -0.3 is 23.7 Å². The molecule has 0 aromatic carbocycles. The second-order valence-corrected chi connectivity index (χ2v) is 10.6. The SMILES string of the molecule is CCCCCCCCCCOC(=O)C(CCCCCC)CCOCCOCCOCCOCCC(C)C. The highest BCUT2D eigenvalue weighted by Gasteiger charge is 2.19. The number of ether oxygens (including phenoxy) is 5. The molecule has 0 rings (SSSR count). The second kappa shape index (κ2) is 29.9. The fourth-order valence-electron chi connectivity index (χ4n) is 4.03. The summed E-state index contributed by atoms with van der Waals surface area (Å²) in [7, 11) is 0. The van der Waals surface area contributed by atoms with Crippen LogP contribution in [0.4, 0.5) is 0 Å². The fraction of sp³-hybridized carbons (Fsp3) is 0.968. The summed E-state index contributed by atoms with van der Waals surface area (Å²) in [6.45, 7) is 14.2. The van der Waals surface area contributed by atoms with Crippen LogP contribution in [0.3, 0.4) is 0 Å². The van der Waals surface area contributed by atoms with Gasteiger partial charge in [-0.3, -0.25) is 4.79 Å². The molecule has 0 aromatic rings. The lowest BCUT2D eigenvalue weighted by Crippen LogP contribution is -2.21. The van der Waals surface area contributed by atoms with E-state index in [2.05, 4.69) is 27.7 Å². The monoisotopic (exact) mass is 530 g/mol. The number of hydrogen-bond donors (Lipinski definition) is 0. The Balaban J connectivity index is 3.80. The zero-order chi connectivity index (χ0) is 27.2. The molecule has 0 aliphatic heterocycles. The van der Waals surface area contributed by atoms with Gasteiger partial charge in [-0.2, -0.15) is 0 Å². The number of unbranched alkanes of at least 4 members (excludes halogenated alkanes) is 10. The lowest BCUT2D eigenvalue weighted by atomic mass is 9.98. The summed E-state index contributed by atoms with van der Waals surface area (Å²) >= 11 is 0. The smallest absolute Gasteiger partial charge is 0.309 e. The lowest BCUT2D eigenvalue weighted by molar-refractivity contribution is -0.149. The zero-order valence-corrected chi connectivity index (χ0v) is 25.1. The van der Waals surface area contributed by atoms with Crippen molar-refractivity contribution in [1.82, 2.24) is 0 Å². The van der Waals surface area contributed by atoms with Crippen LogP contribution in [0, 0.1) is 11.8 Å². The van der Waals surface area contributed by atoms with Gasteiger partial charge in [0.25, 0.3) is 0 Å². The summed E-state index contributed by atoms with van der Waals surface area (Å²) in [5.41, 5.74) is 0. The van der Waals surface area contributed by atoms with Crippen molar-refractivity contribution in [3.63, 3.8) is 0 Å². The molecule has 0 radical (unpaired) electrons. The summed E-state index contributed by atoms with van der Waals surface area (Å²) in [6.07, 6.45) is 17.4. The topological polar surface area (TPSA) is 63.2 Å². The predicted molar refractivity (Wildman–Crippen MR) is 153 cm³/mol. The first-order valence-electron chi connectivity index (χ1n) is 15.6. The van der Waals surface area contributed by atoms with E-state index in [4.69, 9.17) is 23.7 Å². The van der Waals surface area contributed by atoms with Crippen LogP contribution < -0.4 is 0 Å². The molecule has 0 bridgehead atoms. The molecule has 0 aromatic heterocycles. The standard InChI is InChI=1S/C31H62O6/c1-5-7-9-11-12-13-14-16-20-37-31(32)30(17-15-10-8-6-2)19-22-34-24-26-36-28-27-35-25-23-33-21-18-29(3)4/h29-30H,5-28H2,1-4H3. The van der Waals surface area contributed by atoms with Crippen LogP contribution in [-0.4, -0.2) is 65.4 Å². The molecule has 1 unspecified atom stereocenters. The molecule has 6 nitrogen and oxygen atoms in total. The maximum Gasteiger partial charge on any atom is 0.309 e. The third-order valence-corrected chi connectivity index (χ3v) is 6.55. The largest absolute Gasteiger partial charge is 0.465 e. The third-order valence-electron chi connectivity index (χ3n) is 6.55. The first-order valence-corrected chi connectivity index (χ1v) is 15.6. The molecule has 0 aliphatic carbocycles. The van der Waals surface area contributed by atoms with Crippen molar-refractivity contribution in [3.05, 3.63) is 0 Å². The lowest BCUT2D eigenvalue weighted by Gasteiger charge is -2.16. The number of rotatable bonds is 30. The van der Waals surface area contributed by atoms with E-state index in [0.717, 1.165) is 45.1 Å². The average Bonchev–Trinajstić information content (AvgIpc) is 2.88. The van der Waals surface area contributed by atoms with E-state index in [9.17, 15) is 4.79 Å². The van der Waals surface area contributed by atoms with Gasteiger partial charge in [0.05, 0.1) is 52.2 Å². The van der Waals surface area contributed by atoms with Gasteiger partial charge in [-0.25, -0.2) is 0 Å². The van der Waals surface area contributed by atoms with E-state index < -0.39 is 0 Å². The van der Waals surface area contributed by atoms with E-state index in [1.54, 1.807) is 0 Å². The minimum absolute atomic E-state index is 0.0374. The molecule has 0 N–H and O–H groups in total. The van der Waals surface area contributed by atoms with Crippen molar-refractivity contribution in [2.24, 2.45) is 11.8 Å². The summed E-state index contributed by atoms with van der Waals surface area (Å²) in [4.78, 5) is 12.7. The summed E-state index contributed by atoms with van der Waals surface area (Å²) in [6, 6.07) is 0. The Labute approximate surface area is 229 Å². The molecule has 0 heterocycles. The van der Waals surface area contributed by atoms with Gasteiger partial charge in [0.1, 0.15) is 0 Å². The molecule has 6 heteroatoms. The van der Waals surface area contributed by atoms with Crippen molar-refractivity contribution in [3.8, 4) is 0 Å². The van der Waals surface area contributed by atoms with E-state index in [1.807, 2.05) is 0 Å². The summed E-state index contributed by atoms with van der Waals surface area (Å²) < 4.78 is 28.0. The van der Waals surface area contributed by atoms with Gasteiger partial charge in [0, 0.05) is 13.2 Å². The fourth-order valence-corrected chi connectivity index (χ4v) is 4.03. The molecule has 0 fully saturated rings. The van der Waals surface area contributed by atoms with Crippen LogP contribution in [0.25, 0.3) is 0 Å². The van der Waals surface area contributed by atoms with Crippen molar-refractivity contribution < 1.29 is 28.5 Å². The molecule has 0 amide bonds. The van der Waals surface area contributed by atoms with Crippen LogP contribution in [-0.2, 0) is 28.5 Å². The Bertz CT molecular complexity index is 457. The number of carbonyl (C=O) groups excluding carboxylic acids is 1. The van der Waals surface area contributed by atoms with E-state index >= 15 is 0 Å². The Morgan fingerprint density at radius 3 is 1.43 bits per heavy atom. The quantitative estimate of drug-likeness (QED) is 0.0698. The summed E-state index contributed by atoms with van der Waals surface area (Å²) in [5.74, 6) is 0.583. The normalized spacial score (nSPS) is 12.4. The first kappa shape index (κ1) is 36.3. The Morgan fingerprint density at radius 1 is 0.486 bits per heavy atom. The van der Waals surface area contributed by atoms with Crippen molar-refractivity contribution in [1.29, 1.82) is 0 Å². The highest BCUT2D eigenvalue weighted by atomic mass is 16.6. The summed E-state index contributed by atoms with van der Waals surface area (Å²) in [5, 5.41) is 0. The minimum Gasteiger partial charge on any atom is -0.465 e. The van der Waals surface area contributed by atoms with Gasteiger partial charge in [0.2, 0.25) is 0 Å². The average molecular weight is 531 g/mol. The molecule has 0 aliphatic rings. The number of hydrogen-bond acceptors (Lipinski definition) is 6. The molecule has 37 heavy (non-hydrogen) atoms. The predicted octanol–water partition coefficient (Wildman–Crippen LogP) is 7.76. The Morgan fingerprint density at radius 2 is 0.919 bits per heavy atom. The van der Waals surface area contributed by atoms with Crippen LogP contribution >= 0.6 is 0 Å². The van der Waals surface area contributed by atoms with Crippen LogP contribution in [0.5, 0.6) is 0 Å². The van der Waals surface area contributed by atoms with E-state index in [0.29, 0.717) is 58.8 Å². The van der Waals surface area contributed by atoms with E-state index in [1.165, 1.54) is 57.8 Å². The van der Waals surface area contributed by atoms with Crippen molar-refractivity contribution in [2.45, 2.75) is 124 Å². The van der Waals surface area contributed by atoms with Gasteiger partial charge in [-0.1, -0.05) is 98.3 Å². The van der Waals surface area contributed by atoms with Crippen LogP contribution in [0.2, 0.25) is 0 Å². The van der Waals surface area contributed by atoms with Crippen molar-refractivity contribution >= 4 is 5.97 Å². The first-order chi connectivity index (χ1) is 18.1. The maximum atomic E-state index is 12.7. The highest BCUT2D eigenvalue weighted by molar-refractivity contribution is 5.72. The molecule has 222 valence electrons. The number of carbonyl (C=O) groups is 1. The van der Waals surface area contributed by atoms with Gasteiger partial charge in [-0.15, -0.1) is 0 Å². The maximum absolute atomic E-state index is 12.7. The van der Waals surface area contributed by atoms with Crippen LogP contribution in [0.15, 0.2) is 0 Å². The number of esters is 1. The molecule has 0 saturated heterocycles. The van der Waals surface area contributed by atoms with E-state index in [-0.39, 0.29) is 11.9 Å². The minimum atomic E-state index is -0.0528. The third kappa shape index (κ3) is 28.1. The molecule has 0 spiro atoms. The highest BCUT2D eigenvalue weighted by Crippen LogP contribution is 2.17. The van der Waals surface area contributed by atoms with Gasteiger partial charge in [0.15, 0.2) is 0 Å². The zero-order valence-electron chi connectivity index (χ0n) is 25.1. The van der Waals surface area contributed by atoms with Gasteiger partial charge >= 0.3 is 5.97 Å².